The maximum atomic E-state index is 13.8. The molecule has 4 heterocycles. The lowest BCUT2D eigenvalue weighted by Gasteiger charge is -2.36. The maximum absolute atomic E-state index is 13.8. The number of cyclic esters (lactones) is 1. The fraction of sp³-hybridized carbons (Fsp3) is 0.519. The van der Waals surface area contributed by atoms with Crippen LogP contribution >= 0.6 is 0 Å². The van der Waals surface area contributed by atoms with Gasteiger partial charge >= 0.3 is 6.09 Å². The van der Waals surface area contributed by atoms with Crippen molar-refractivity contribution in [2.75, 3.05) is 59.2 Å². The van der Waals surface area contributed by atoms with E-state index < -0.39 is 16.1 Å². The fourth-order valence-corrected chi connectivity index (χ4v) is 7.27. The quantitative estimate of drug-likeness (QED) is 0.575. The van der Waals surface area contributed by atoms with Gasteiger partial charge in [-0.05, 0) is 68.4 Å². The first-order valence-corrected chi connectivity index (χ1v) is 14.9. The van der Waals surface area contributed by atoms with Crippen LogP contribution in [0.5, 0.6) is 0 Å². The summed E-state index contributed by atoms with van der Waals surface area (Å²) in [6.07, 6.45) is 4.48. The molecule has 6 rings (SSSR count). The number of benzene rings is 1. The molecule has 11 heteroatoms. The van der Waals surface area contributed by atoms with Crippen LogP contribution in [0.4, 0.5) is 22.0 Å². The van der Waals surface area contributed by atoms with Crippen LogP contribution in [0.15, 0.2) is 30.5 Å². The lowest BCUT2D eigenvalue weighted by Crippen LogP contribution is -2.49. The van der Waals surface area contributed by atoms with Crippen molar-refractivity contribution in [3.8, 4) is 0 Å². The molecule has 0 radical (unpaired) electrons. The third-order valence-corrected chi connectivity index (χ3v) is 9.79. The third-order valence-electron chi connectivity index (χ3n) is 7.93. The van der Waals surface area contributed by atoms with Gasteiger partial charge in [-0.15, -0.1) is 0 Å². The molecular weight excluding hydrogens is 506 g/mol. The number of hydrogen-bond acceptors (Lipinski definition) is 7. The number of piperazine rings is 1. The summed E-state index contributed by atoms with van der Waals surface area (Å²) in [5.41, 5.74) is 3.64. The van der Waals surface area contributed by atoms with E-state index in [1.165, 1.54) is 27.6 Å². The highest BCUT2D eigenvalue weighted by atomic mass is 32.2. The zero-order valence-corrected chi connectivity index (χ0v) is 22.6. The van der Waals surface area contributed by atoms with Crippen molar-refractivity contribution in [1.29, 1.82) is 0 Å². The average molecular weight is 540 g/mol. The summed E-state index contributed by atoms with van der Waals surface area (Å²) in [7, 11) is -3.54. The fourth-order valence-electron chi connectivity index (χ4n) is 5.69. The van der Waals surface area contributed by atoms with Gasteiger partial charge in [-0.1, -0.05) is 6.07 Å². The van der Waals surface area contributed by atoms with E-state index in [-0.39, 0.29) is 24.3 Å². The topological polar surface area (TPSA) is 103 Å². The van der Waals surface area contributed by atoms with Crippen molar-refractivity contribution in [2.45, 2.75) is 45.1 Å². The number of pyridine rings is 1. The Kier molecular flexibility index (Phi) is 6.20. The first-order chi connectivity index (χ1) is 18.2. The zero-order chi connectivity index (χ0) is 26.6. The van der Waals surface area contributed by atoms with Crippen LogP contribution in [0, 0.1) is 6.92 Å². The summed E-state index contributed by atoms with van der Waals surface area (Å²) in [4.78, 5) is 36.3. The van der Waals surface area contributed by atoms with E-state index in [0.717, 1.165) is 11.4 Å². The van der Waals surface area contributed by atoms with Crippen molar-refractivity contribution in [1.82, 2.24) is 9.88 Å². The average Bonchev–Trinajstić information content (AvgIpc) is 3.62. The molecule has 4 aliphatic rings. The first-order valence-electron chi connectivity index (χ1n) is 13.3. The van der Waals surface area contributed by atoms with Gasteiger partial charge in [0.15, 0.2) is 0 Å². The Hall–Kier alpha value is -3.34. The largest absolute Gasteiger partial charge is 0.447 e. The standard InChI is InChI=1S/C27H33N5O5S/c1-18-14-21(20-4-5-20)16-28-25(18)29-9-11-30(12-10-29)26(33)23-7-6-22(32-19(2)17-37-27(32)34)15-24(23)31-8-3-13-38(31,35)36/h6-7,14-16,19-20H,3-5,8-13,17H2,1-2H3. The van der Waals surface area contributed by atoms with Crippen molar-refractivity contribution >= 4 is 39.2 Å². The van der Waals surface area contributed by atoms with Gasteiger partial charge in [-0.3, -0.25) is 14.0 Å². The van der Waals surface area contributed by atoms with Gasteiger partial charge in [-0.25, -0.2) is 18.2 Å². The minimum absolute atomic E-state index is 0.0393. The predicted octanol–water partition coefficient (Wildman–Crippen LogP) is 3.11. The third kappa shape index (κ3) is 4.46. The summed E-state index contributed by atoms with van der Waals surface area (Å²) >= 11 is 0. The Morgan fingerprint density at radius 1 is 1.08 bits per heavy atom. The highest BCUT2D eigenvalue weighted by molar-refractivity contribution is 7.93. The highest BCUT2D eigenvalue weighted by Crippen LogP contribution is 2.41. The molecule has 3 saturated heterocycles. The molecule has 202 valence electrons. The van der Waals surface area contributed by atoms with Crippen LogP contribution < -0.4 is 14.1 Å². The molecule has 0 bridgehead atoms. The van der Waals surface area contributed by atoms with E-state index in [0.29, 0.717) is 62.0 Å². The van der Waals surface area contributed by atoms with Crippen LogP contribution in [-0.2, 0) is 14.8 Å². The lowest BCUT2D eigenvalue weighted by atomic mass is 10.1. The number of rotatable bonds is 5. The minimum atomic E-state index is -3.54. The van der Waals surface area contributed by atoms with Crippen LogP contribution in [0.3, 0.4) is 0 Å². The van der Waals surface area contributed by atoms with E-state index in [4.69, 9.17) is 9.72 Å². The summed E-state index contributed by atoms with van der Waals surface area (Å²) in [6.45, 7) is 6.84. The molecule has 0 N–H and O–H groups in total. The molecule has 1 aliphatic carbocycles. The Balaban J connectivity index is 1.24. The summed E-state index contributed by atoms with van der Waals surface area (Å²) in [5, 5.41) is 0. The molecule has 1 unspecified atom stereocenters. The monoisotopic (exact) mass is 539 g/mol. The molecule has 1 aromatic heterocycles. The lowest BCUT2D eigenvalue weighted by molar-refractivity contribution is 0.0747. The molecule has 1 saturated carbocycles. The second kappa shape index (κ2) is 9.44. The number of sulfonamides is 1. The number of hydrogen-bond donors (Lipinski definition) is 0. The van der Waals surface area contributed by atoms with Crippen molar-refractivity contribution in [2.24, 2.45) is 0 Å². The first kappa shape index (κ1) is 25.0. The molecular formula is C27H33N5O5S. The van der Waals surface area contributed by atoms with Crippen molar-refractivity contribution in [3.05, 3.63) is 47.2 Å². The number of nitrogens with zero attached hydrogens (tertiary/aromatic N) is 5. The van der Waals surface area contributed by atoms with E-state index >= 15 is 0 Å². The van der Waals surface area contributed by atoms with Gasteiger partial charge in [0, 0.05) is 44.6 Å². The number of aryl methyl sites for hydroxylation is 1. The number of amides is 2. The van der Waals surface area contributed by atoms with Crippen LogP contribution in [0.1, 0.15) is 53.6 Å². The van der Waals surface area contributed by atoms with Crippen molar-refractivity contribution < 1.29 is 22.7 Å². The smallest absolute Gasteiger partial charge is 0.414 e. The molecule has 0 spiro atoms. The second-order valence-electron chi connectivity index (χ2n) is 10.7. The molecule has 10 nitrogen and oxygen atoms in total. The Morgan fingerprint density at radius 3 is 2.45 bits per heavy atom. The zero-order valence-electron chi connectivity index (χ0n) is 21.8. The highest BCUT2D eigenvalue weighted by Gasteiger charge is 2.36. The SMILES string of the molecule is Cc1cc(C2CC2)cnc1N1CCN(C(=O)c2ccc(N3C(=O)OCC3C)cc2N2CCCS2(=O)=O)CC1. The Labute approximate surface area is 223 Å². The summed E-state index contributed by atoms with van der Waals surface area (Å²) in [5.74, 6) is 1.45. The number of carbonyl (C=O) groups excluding carboxylic acids is 2. The number of anilines is 3. The van der Waals surface area contributed by atoms with Crippen LogP contribution in [-0.4, -0.2) is 81.4 Å². The van der Waals surface area contributed by atoms with E-state index in [1.54, 1.807) is 23.1 Å². The van der Waals surface area contributed by atoms with E-state index in [2.05, 4.69) is 17.9 Å². The van der Waals surface area contributed by atoms with Gasteiger partial charge in [-0.2, -0.15) is 0 Å². The molecule has 1 atom stereocenters. The van der Waals surface area contributed by atoms with Gasteiger partial charge in [0.05, 0.1) is 23.0 Å². The Morgan fingerprint density at radius 2 is 1.84 bits per heavy atom. The summed E-state index contributed by atoms with van der Waals surface area (Å²) < 4.78 is 32.2. The molecule has 2 amide bonds. The number of ether oxygens (including phenoxy) is 1. The molecule has 1 aromatic carbocycles. The molecule has 3 aliphatic heterocycles. The number of carbonyl (C=O) groups is 2. The number of aromatic nitrogens is 1. The predicted molar refractivity (Wildman–Crippen MR) is 145 cm³/mol. The van der Waals surface area contributed by atoms with Crippen LogP contribution in [0.2, 0.25) is 0 Å². The maximum Gasteiger partial charge on any atom is 0.414 e. The molecule has 38 heavy (non-hydrogen) atoms. The molecule has 4 fully saturated rings. The van der Waals surface area contributed by atoms with Crippen molar-refractivity contribution in [3.63, 3.8) is 0 Å². The van der Waals surface area contributed by atoms with Crippen LogP contribution in [0.25, 0.3) is 0 Å². The second-order valence-corrected chi connectivity index (χ2v) is 12.7. The molecule has 2 aromatic rings. The van der Waals surface area contributed by atoms with E-state index in [1.807, 2.05) is 13.1 Å². The van der Waals surface area contributed by atoms with Gasteiger partial charge in [0.1, 0.15) is 12.4 Å². The minimum Gasteiger partial charge on any atom is -0.447 e. The normalized spacial score (nSPS) is 23.2. The van der Waals surface area contributed by atoms with Gasteiger partial charge in [0.2, 0.25) is 10.0 Å². The van der Waals surface area contributed by atoms with E-state index in [9.17, 15) is 18.0 Å². The van der Waals surface area contributed by atoms with Gasteiger partial charge < -0.3 is 14.5 Å². The Bertz CT molecular complexity index is 1380. The summed E-state index contributed by atoms with van der Waals surface area (Å²) in [6, 6.07) is 7.04. The van der Waals surface area contributed by atoms with Gasteiger partial charge in [0.25, 0.3) is 5.91 Å².